The average Bonchev–Trinajstić information content (AvgIpc) is 3.27. The number of aliphatic imine (C=N–C) groups is 1. The summed E-state index contributed by atoms with van der Waals surface area (Å²) in [6.45, 7) is 2.20. The molecule has 2 aliphatic rings. The zero-order valence-electron chi connectivity index (χ0n) is 17.0. The van der Waals surface area contributed by atoms with E-state index in [0.717, 1.165) is 24.8 Å². The van der Waals surface area contributed by atoms with E-state index in [1.807, 2.05) is 24.3 Å². The lowest BCUT2D eigenvalue weighted by Crippen LogP contribution is -2.35. The number of hydrogen-bond donors (Lipinski definition) is 0. The molecule has 9 heteroatoms. The minimum Gasteiger partial charge on any atom is -0.286 e. The molecule has 0 aliphatic carbocycles. The maximum absolute atomic E-state index is 13.0. The standard InChI is InChI=1S/C22H24ClN3O3S2/c23-19-8-4-17(5-9-19)16-30-22-24-12-15-26(22)21(27)18-6-10-20(11-7-18)31(28,29)25-13-2-1-3-14-25/h4-11H,1-3,12-16H2. The van der Waals surface area contributed by atoms with E-state index in [4.69, 9.17) is 11.6 Å². The van der Waals surface area contributed by atoms with Crippen LogP contribution in [0.25, 0.3) is 0 Å². The van der Waals surface area contributed by atoms with Gasteiger partial charge in [0, 0.05) is 36.0 Å². The summed E-state index contributed by atoms with van der Waals surface area (Å²) in [5.41, 5.74) is 1.56. The van der Waals surface area contributed by atoms with Crippen molar-refractivity contribution in [2.75, 3.05) is 26.2 Å². The number of halogens is 1. The van der Waals surface area contributed by atoms with Gasteiger partial charge in [0.25, 0.3) is 5.91 Å². The van der Waals surface area contributed by atoms with Gasteiger partial charge in [0.2, 0.25) is 10.0 Å². The second kappa shape index (κ2) is 9.73. The van der Waals surface area contributed by atoms with E-state index in [0.29, 0.717) is 47.7 Å². The van der Waals surface area contributed by atoms with E-state index in [2.05, 4.69) is 4.99 Å². The fourth-order valence-corrected chi connectivity index (χ4v) is 6.29. The van der Waals surface area contributed by atoms with E-state index in [1.165, 1.54) is 28.2 Å². The Bertz CT molecular complexity index is 1060. The first-order valence-electron chi connectivity index (χ1n) is 10.3. The molecule has 2 aliphatic heterocycles. The number of amides is 1. The van der Waals surface area contributed by atoms with Gasteiger partial charge >= 0.3 is 0 Å². The van der Waals surface area contributed by atoms with Gasteiger partial charge in [0.15, 0.2) is 5.17 Å². The summed E-state index contributed by atoms with van der Waals surface area (Å²) in [7, 11) is -3.51. The zero-order chi connectivity index (χ0) is 21.8. The van der Waals surface area contributed by atoms with Gasteiger partial charge in [-0.2, -0.15) is 4.31 Å². The number of thioether (sulfide) groups is 1. The largest absolute Gasteiger partial charge is 0.286 e. The van der Waals surface area contributed by atoms with E-state index in [9.17, 15) is 13.2 Å². The minimum atomic E-state index is -3.51. The van der Waals surface area contributed by atoms with E-state index in [1.54, 1.807) is 17.0 Å². The van der Waals surface area contributed by atoms with Gasteiger partial charge in [-0.05, 0) is 54.8 Å². The van der Waals surface area contributed by atoms with Gasteiger partial charge in [-0.25, -0.2) is 8.42 Å². The highest BCUT2D eigenvalue weighted by atomic mass is 35.5. The molecule has 0 aromatic heterocycles. The molecule has 0 unspecified atom stereocenters. The topological polar surface area (TPSA) is 70.1 Å². The van der Waals surface area contributed by atoms with Crippen LogP contribution in [0.3, 0.4) is 0 Å². The predicted octanol–water partition coefficient (Wildman–Crippen LogP) is 4.26. The Kier molecular flexibility index (Phi) is 7.01. The third-order valence-electron chi connectivity index (χ3n) is 5.38. The molecule has 2 aromatic rings. The lowest BCUT2D eigenvalue weighted by Gasteiger charge is -2.26. The molecule has 4 rings (SSSR count). The number of carbonyl (C=O) groups is 1. The minimum absolute atomic E-state index is 0.165. The van der Waals surface area contributed by atoms with Crippen LogP contribution in [-0.2, 0) is 15.8 Å². The molecule has 0 bridgehead atoms. The van der Waals surface area contributed by atoms with Crippen molar-refractivity contribution in [2.45, 2.75) is 29.9 Å². The predicted molar refractivity (Wildman–Crippen MR) is 125 cm³/mol. The molecule has 2 aromatic carbocycles. The SMILES string of the molecule is O=C(c1ccc(S(=O)(=O)N2CCCCC2)cc1)N1CCN=C1SCc1ccc(Cl)cc1. The maximum atomic E-state index is 13.0. The molecule has 0 radical (unpaired) electrons. The van der Waals surface area contributed by atoms with E-state index in [-0.39, 0.29) is 10.8 Å². The Labute approximate surface area is 192 Å². The van der Waals surface area contributed by atoms with Crippen molar-refractivity contribution >= 4 is 44.5 Å². The summed E-state index contributed by atoms with van der Waals surface area (Å²) in [6, 6.07) is 13.9. The summed E-state index contributed by atoms with van der Waals surface area (Å²) in [4.78, 5) is 19.4. The van der Waals surface area contributed by atoms with Crippen LogP contribution in [0.2, 0.25) is 5.02 Å². The Hall–Kier alpha value is -1.87. The fourth-order valence-electron chi connectivity index (χ4n) is 3.65. The van der Waals surface area contributed by atoms with E-state index < -0.39 is 10.0 Å². The van der Waals surface area contributed by atoms with Crippen molar-refractivity contribution < 1.29 is 13.2 Å². The van der Waals surface area contributed by atoms with Crippen LogP contribution in [0.5, 0.6) is 0 Å². The summed E-state index contributed by atoms with van der Waals surface area (Å²) in [6.07, 6.45) is 2.84. The van der Waals surface area contributed by atoms with Crippen molar-refractivity contribution in [1.29, 1.82) is 0 Å². The molecule has 2 heterocycles. The maximum Gasteiger partial charge on any atom is 0.259 e. The number of benzene rings is 2. The number of amidine groups is 1. The Morgan fingerprint density at radius 2 is 1.65 bits per heavy atom. The number of sulfonamides is 1. The van der Waals surface area contributed by atoms with Crippen LogP contribution in [0.15, 0.2) is 58.4 Å². The van der Waals surface area contributed by atoms with Gasteiger partial charge in [-0.15, -0.1) is 0 Å². The second-order valence-corrected chi connectivity index (χ2v) is 10.8. The third-order valence-corrected chi connectivity index (χ3v) is 8.63. The fraction of sp³-hybridized carbons (Fsp3) is 0.364. The van der Waals surface area contributed by atoms with Gasteiger partial charge in [0.1, 0.15) is 0 Å². The first-order valence-corrected chi connectivity index (χ1v) is 13.1. The van der Waals surface area contributed by atoms with Crippen molar-refractivity contribution in [2.24, 2.45) is 4.99 Å². The molecule has 1 amide bonds. The lowest BCUT2D eigenvalue weighted by atomic mass is 10.2. The van der Waals surface area contributed by atoms with Crippen LogP contribution in [0.4, 0.5) is 0 Å². The highest BCUT2D eigenvalue weighted by molar-refractivity contribution is 8.13. The summed E-state index contributed by atoms with van der Waals surface area (Å²) >= 11 is 7.44. The molecule has 6 nitrogen and oxygen atoms in total. The third kappa shape index (κ3) is 5.14. The Morgan fingerprint density at radius 3 is 2.32 bits per heavy atom. The quantitative estimate of drug-likeness (QED) is 0.645. The van der Waals surface area contributed by atoms with Gasteiger partial charge in [-0.3, -0.25) is 14.7 Å². The monoisotopic (exact) mass is 477 g/mol. The van der Waals surface area contributed by atoms with Crippen LogP contribution in [0, 0.1) is 0 Å². The number of hydrogen-bond acceptors (Lipinski definition) is 5. The normalized spacial score (nSPS) is 17.6. The second-order valence-electron chi connectivity index (χ2n) is 7.53. The zero-order valence-corrected chi connectivity index (χ0v) is 19.4. The smallest absolute Gasteiger partial charge is 0.259 e. The van der Waals surface area contributed by atoms with Crippen molar-refractivity contribution in [3.8, 4) is 0 Å². The van der Waals surface area contributed by atoms with Crippen molar-refractivity contribution in [3.63, 3.8) is 0 Å². The molecule has 164 valence electrons. The number of piperidine rings is 1. The molecular weight excluding hydrogens is 454 g/mol. The van der Waals surface area contributed by atoms with Crippen LogP contribution in [0.1, 0.15) is 35.2 Å². The Balaban J connectivity index is 1.42. The van der Waals surface area contributed by atoms with Crippen molar-refractivity contribution in [1.82, 2.24) is 9.21 Å². The molecule has 1 saturated heterocycles. The Morgan fingerprint density at radius 1 is 0.968 bits per heavy atom. The van der Waals surface area contributed by atoms with Crippen LogP contribution >= 0.6 is 23.4 Å². The molecule has 0 spiro atoms. The highest BCUT2D eigenvalue weighted by Gasteiger charge is 2.28. The first-order chi connectivity index (χ1) is 14.9. The number of rotatable bonds is 5. The summed E-state index contributed by atoms with van der Waals surface area (Å²) < 4.78 is 27.2. The van der Waals surface area contributed by atoms with Gasteiger partial charge in [-0.1, -0.05) is 41.9 Å². The van der Waals surface area contributed by atoms with E-state index >= 15 is 0 Å². The van der Waals surface area contributed by atoms with Crippen LogP contribution in [-0.4, -0.2) is 54.9 Å². The number of nitrogens with zero attached hydrogens (tertiary/aromatic N) is 3. The highest BCUT2D eigenvalue weighted by Crippen LogP contribution is 2.24. The van der Waals surface area contributed by atoms with Crippen LogP contribution < -0.4 is 0 Å². The summed E-state index contributed by atoms with van der Waals surface area (Å²) in [5.74, 6) is 0.522. The molecular formula is C22H24ClN3O3S2. The first kappa shape index (κ1) is 22.3. The number of carbonyl (C=O) groups excluding carboxylic acids is 1. The molecule has 31 heavy (non-hydrogen) atoms. The average molecular weight is 478 g/mol. The molecule has 0 N–H and O–H groups in total. The molecule has 0 saturated carbocycles. The molecule has 1 fully saturated rings. The van der Waals surface area contributed by atoms with Gasteiger partial charge < -0.3 is 0 Å². The molecule has 0 atom stereocenters. The lowest BCUT2D eigenvalue weighted by molar-refractivity contribution is 0.0860. The van der Waals surface area contributed by atoms with Gasteiger partial charge in [0.05, 0.1) is 11.4 Å². The summed E-state index contributed by atoms with van der Waals surface area (Å²) in [5, 5.41) is 1.37. The van der Waals surface area contributed by atoms with Crippen molar-refractivity contribution in [3.05, 3.63) is 64.7 Å².